The van der Waals surface area contributed by atoms with E-state index in [0.717, 1.165) is 12.8 Å². The zero-order chi connectivity index (χ0) is 9.07. The summed E-state index contributed by atoms with van der Waals surface area (Å²) in [7, 11) is 0. The van der Waals surface area contributed by atoms with Gasteiger partial charge in [-0.25, -0.2) is 0 Å². The predicted molar refractivity (Wildman–Crippen MR) is 45.4 cm³/mol. The summed E-state index contributed by atoms with van der Waals surface area (Å²) in [6.07, 6.45) is 1.72. The van der Waals surface area contributed by atoms with Crippen LogP contribution in [0.1, 0.15) is 40.5 Å². The molecule has 0 bridgehead atoms. The van der Waals surface area contributed by atoms with Crippen molar-refractivity contribution in [2.45, 2.75) is 46.1 Å². The molecule has 0 saturated heterocycles. The minimum atomic E-state index is -0.859. The molecule has 0 aliphatic heterocycles. The fraction of sp³-hybridized carbons (Fsp3) is 0.889. The number of hydrogen-bond donors (Lipinski definition) is 1. The Bertz CT molecular complexity index is 133. The summed E-state index contributed by atoms with van der Waals surface area (Å²) in [6, 6.07) is 0. The van der Waals surface area contributed by atoms with E-state index in [1.165, 1.54) is 6.92 Å². The minimum Gasteiger partial charge on any atom is -0.390 e. The Balaban J connectivity index is 4.22. The molecule has 1 atom stereocenters. The summed E-state index contributed by atoms with van der Waals surface area (Å²) in [4.78, 5) is 11.0. The molecule has 0 saturated carbocycles. The van der Waals surface area contributed by atoms with Gasteiger partial charge in [0.25, 0.3) is 0 Å². The van der Waals surface area contributed by atoms with Gasteiger partial charge in [0.05, 0.1) is 5.60 Å². The normalized spacial score (nSPS) is 14.6. The largest absolute Gasteiger partial charge is 0.390 e. The van der Waals surface area contributed by atoms with Crippen LogP contribution in [-0.2, 0) is 4.79 Å². The van der Waals surface area contributed by atoms with E-state index in [1.54, 1.807) is 13.8 Å². The maximum absolute atomic E-state index is 11.0. The van der Waals surface area contributed by atoms with E-state index in [0.29, 0.717) is 0 Å². The third-order valence-corrected chi connectivity index (χ3v) is 1.92. The first-order chi connectivity index (χ1) is 4.89. The highest BCUT2D eigenvalue weighted by atomic mass is 16.3. The lowest BCUT2D eigenvalue weighted by Crippen LogP contribution is -2.35. The van der Waals surface area contributed by atoms with Crippen LogP contribution in [-0.4, -0.2) is 16.5 Å². The van der Waals surface area contributed by atoms with E-state index < -0.39 is 5.60 Å². The van der Waals surface area contributed by atoms with Crippen LogP contribution in [0.5, 0.6) is 0 Å². The van der Waals surface area contributed by atoms with Crippen molar-refractivity contribution >= 4 is 5.78 Å². The van der Waals surface area contributed by atoms with Crippen LogP contribution in [0.2, 0.25) is 0 Å². The molecule has 2 heteroatoms. The van der Waals surface area contributed by atoms with Gasteiger partial charge in [-0.1, -0.05) is 13.3 Å². The first kappa shape index (κ1) is 10.6. The second-order valence-corrected chi connectivity index (χ2v) is 3.61. The van der Waals surface area contributed by atoms with Gasteiger partial charge < -0.3 is 5.11 Å². The molecule has 0 amide bonds. The first-order valence-corrected chi connectivity index (χ1v) is 4.12. The van der Waals surface area contributed by atoms with Crippen LogP contribution < -0.4 is 0 Å². The highest BCUT2D eigenvalue weighted by Gasteiger charge is 2.29. The van der Waals surface area contributed by atoms with Crippen LogP contribution >= 0.6 is 0 Å². The maximum Gasteiger partial charge on any atom is 0.135 e. The third-order valence-electron chi connectivity index (χ3n) is 1.92. The summed E-state index contributed by atoms with van der Waals surface area (Å²) in [5.41, 5.74) is -0.859. The Morgan fingerprint density at radius 1 is 1.55 bits per heavy atom. The molecule has 0 aliphatic carbocycles. The summed E-state index contributed by atoms with van der Waals surface area (Å²) < 4.78 is 0. The molecule has 0 aromatic rings. The molecule has 2 nitrogen and oxygen atoms in total. The van der Waals surface area contributed by atoms with Gasteiger partial charge in [0.15, 0.2) is 0 Å². The van der Waals surface area contributed by atoms with E-state index >= 15 is 0 Å². The number of carbonyl (C=O) groups excluding carboxylic acids is 1. The monoisotopic (exact) mass is 158 g/mol. The molecular formula is C9H18O2. The molecular weight excluding hydrogens is 140 g/mol. The van der Waals surface area contributed by atoms with Gasteiger partial charge in [-0.3, -0.25) is 4.79 Å². The van der Waals surface area contributed by atoms with E-state index in [4.69, 9.17) is 0 Å². The number of aliphatic hydroxyl groups is 1. The van der Waals surface area contributed by atoms with Crippen molar-refractivity contribution in [2.24, 2.45) is 5.92 Å². The van der Waals surface area contributed by atoms with E-state index in [-0.39, 0.29) is 11.7 Å². The molecule has 0 aromatic heterocycles. The second kappa shape index (κ2) is 3.86. The smallest absolute Gasteiger partial charge is 0.135 e. The van der Waals surface area contributed by atoms with Gasteiger partial charge in [-0.2, -0.15) is 0 Å². The predicted octanol–water partition coefficient (Wildman–Crippen LogP) is 1.76. The average molecular weight is 158 g/mol. The summed E-state index contributed by atoms with van der Waals surface area (Å²) in [5.74, 6) is -0.119. The zero-order valence-corrected chi connectivity index (χ0v) is 7.85. The lowest BCUT2D eigenvalue weighted by atomic mass is 9.84. The fourth-order valence-corrected chi connectivity index (χ4v) is 1.34. The molecule has 66 valence electrons. The van der Waals surface area contributed by atoms with Gasteiger partial charge >= 0.3 is 0 Å². The molecule has 0 fully saturated rings. The van der Waals surface area contributed by atoms with Crippen LogP contribution in [0.3, 0.4) is 0 Å². The Morgan fingerprint density at radius 3 is 2.09 bits per heavy atom. The average Bonchev–Trinajstić information content (AvgIpc) is 1.79. The number of carbonyl (C=O) groups is 1. The molecule has 11 heavy (non-hydrogen) atoms. The lowest BCUT2D eigenvalue weighted by Gasteiger charge is -2.26. The van der Waals surface area contributed by atoms with Crippen molar-refractivity contribution in [3.8, 4) is 0 Å². The number of rotatable bonds is 4. The Morgan fingerprint density at radius 2 is 2.00 bits per heavy atom. The summed E-state index contributed by atoms with van der Waals surface area (Å²) in [6.45, 7) is 6.93. The van der Waals surface area contributed by atoms with Crippen molar-refractivity contribution < 1.29 is 9.90 Å². The number of Topliss-reactive ketones (excluding diaryl/α,β-unsaturated/α-hetero) is 1. The van der Waals surface area contributed by atoms with Gasteiger partial charge in [0.2, 0.25) is 0 Å². The molecule has 0 aromatic carbocycles. The van der Waals surface area contributed by atoms with Crippen molar-refractivity contribution in [1.29, 1.82) is 0 Å². The molecule has 0 heterocycles. The first-order valence-electron chi connectivity index (χ1n) is 4.12. The zero-order valence-electron chi connectivity index (χ0n) is 7.85. The molecule has 0 spiro atoms. The fourth-order valence-electron chi connectivity index (χ4n) is 1.34. The summed E-state index contributed by atoms with van der Waals surface area (Å²) in [5, 5.41) is 9.56. The van der Waals surface area contributed by atoms with E-state index in [9.17, 15) is 9.90 Å². The van der Waals surface area contributed by atoms with Crippen molar-refractivity contribution in [1.82, 2.24) is 0 Å². The maximum atomic E-state index is 11.0. The van der Waals surface area contributed by atoms with Crippen molar-refractivity contribution in [3.05, 3.63) is 0 Å². The van der Waals surface area contributed by atoms with Crippen LogP contribution in [0.4, 0.5) is 0 Å². The van der Waals surface area contributed by atoms with Crippen LogP contribution in [0.25, 0.3) is 0 Å². The quantitative estimate of drug-likeness (QED) is 0.677. The Labute approximate surface area is 68.6 Å². The SMILES string of the molecule is CCCC(C(C)=O)C(C)(C)O. The molecule has 0 rings (SSSR count). The van der Waals surface area contributed by atoms with Crippen LogP contribution in [0.15, 0.2) is 0 Å². The van der Waals surface area contributed by atoms with Crippen molar-refractivity contribution in [2.75, 3.05) is 0 Å². The minimum absolute atomic E-state index is 0.0827. The van der Waals surface area contributed by atoms with E-state index in [1.807, 2.05) is 6.92 Å². The third kappa shape index (κ3) is 3.51. The Hall–Kier alpha value is -0.370. The lowest BCUT2D eigenvalue weighted by molar-refractivity contribution is -0.128. The molecule has 1 unspecified atom stereocenters. The summed E-state index contributed by atoms with van der Waals surface area (Å²) >= 11 is 0. The topological polar surface area (TPSA) is 37.3 Å². The standard InChI is InChI=1S/C9H18O2/c1-5-6-8(7(2)10)9(3,4)11/h8,11H,5-6H2,1-4H3. The van der Waals surface area contributed by atoms with Crippen LogP contribution in [0, 0.1) is 5.92 Å². The van der Waals surface area contributed by atoms with Crippen molar-refractivity contribution in [3.63, 3.8) is 0 Å². The highest BCUT2D eigenvalue weighted by Crippen LogP contribution is 2.22. The number of ketones is 1. The molecule has 1 N–H and O–H groups in total. The van der Waals surface area contributed by atoms with Gasteiger partial charge in [0, 0.05) is 5.92 Å². The molecule has 0 aliphatic rings. The van der Waals surface area contributed by atoms with Gasteiger partial charge in [-0.15, -0.1) is 0 Å². The Kier molecular flexibility index (Phi) is 3.73. The highest BCUT2D eigenvalue weighted by molar-refractivity contribution is 5.79. The van der Waals surface area contributed by atoms with Gasteiger partial charge in [-0.05, 0) is 27.2 Å². The molecule has 0 radical (unpaired) electrons. The number of hydrogen-bond acceptors (Lipinski definition) is 2. The second-order valence-electron chi connectivity index (χ2n) is 3.61. The van der Waals surface area contributed by atoms with Gasteiger partial charge in [0.1, 0.15) is 5.78 Å². The van der Waals surface area contributed by atoms with E-state index in [2.05, 4.69) is 0 Å².